The van der Waals surface area contributed by atoms with Crippen LogP contribution in [0, 0.1) is 0 Å². The molecule has 0 bridgehead atoms. The van der Waals surface area contributed by atoms with Gasteiger partial charge >= 0.3 is 0 Å². The van der Waals surface area contributed by atoms with Gasteiger partial charge in [0.25, 0.3) is 0 Å². The molecular formula is C44H32O. The molecule has 1 heterocycles. The van der Waals surface area contributed by atoms with E-state index in [4.69, 9.17) is 4.42 Å². The maximum Gasteiger partial charge on any atom is 0.143 e. The minimum absolute atomic E-state index is 0.914. The Morgan fingerprint density at radius 1 is 0.333 bits per heavy atom. The summed E-state index contributed by atoms with van der Waals surface area (Å²) in [4.78, 5) is 0. The SMILES string of the molecule is CC.c1ccc(-c2c3ccccc3c(-c3cccc(-c4ccc5c(c4)oc4c6ccccc6ccc54)c3)c3ccccc23)cc1. The van der Waals surface area contributed by atoms with E-state index in [1.165, 1.54) is 54.7 Å². The third-order valence-electron chi connectivity index (χ3n) is 8.84. The van der Waals surface area contributed by atoms with Gasteiger partial charge in [-0.2, -0.15) is 0 Å². The summed E-state index contributed by atoms with van der Waals surface area (Å²) in [5.74, 6) is 0. The van der Waals surface area contributed by atoms with E-state index in [1.807, 2.05) is 13.8 Å². The van der Waals surface area contributed by atoms with Gasteiger partial charge in [0.2, 0.25) is 0 Å². The molecule has 0 saturated heterocycles. The Bertz CT molecular complexity index is 2440. The number of benzene rings is 8. The van der Waals surface area contributed by atoms with Crippen LogP contribution in [0.4, 0.5) is 0 Å². The molecule has 0 aliphatic carbocycles. The third-order valence-corrected chi connectivity index (χ3v) is 8.84. The van der Waals surface area contributed by atoms with Crippen molar-refractivity contribution >= 4 is 54.3 Å². The Kier molecular flexibility index (Phi) is 6.65. The molecule has 0 N–H and O–H groups in total. The van der Waals surface area contributed by atoms with Gasteiger partial charge in [-0.1, -0.05) is 147 Å². The topological polar surface area (TPSA) is 13.1 Å². The van der Waals surface area contributed by atoms with Crippen molar-refractivity contribution in [2.75, 3.05) is 0 Å². The molecule has 9 rings (SSSR count). The Labute approximate surface area is 263 Å². The summed E-state index contributed by atoms with van der Waals surface area (Å²) in [6.07, 6.45) is 0. The van der Waals surface area contributed by atoms with Crippen LogP contribution in [0.3, 0.4) is 0 Å². The van der Waals surface area contributed by atoms with Crippen LogP contribution in [0.15, 0.2) is 162 Å². The standard InChI is InChI=1S/C42H26O.C2H6/c1-2-12-28(13-3-1)40-34-17-6-8-19-36(34)41(37-20-9-7-18-35(37)40)31-15-10-14-29(25-31)30-22-23-33-38-24-21-27-11-4-5-16-32(27)42(38)43-39(33)26-30;1-2/h1-26H;1-2H3. The first-order valence-corrected chi connectivity index (χ1v) is 15.8. The summed E-state index contributed by atoms with van der Waals surface area (Å²) in [5.41, 5.74) is 9.19. The van der Waals surface area contributed by atoms with Crippen molar-refractivity contribution in [3.63, 3.8) is 0 Å². The van der Waals surface area contributed by atoms with Crippen LogP contribution in [-0.2, 0) is 0 Å². The predicted molar refractivity (Wildman–Crippen MR) is 194 cm³/mol. The number of hydrogen-bond donors (Lipinski definition) is 0. The van der Waals surface area contributed by atoms with Crippen molar-refractivity contribution in [2.45, 2.75) is 13.8 Å². The number of rotatable bonds is 3. The van der Waals surface area contributed by atoms with Gasteiger partial charge in [0.05, 0.1) is 0 Å². The third kappa shape index (κ3) is 4.39. The van der Waals surface area contributed by atoms with Crippen molar-refractivity contribution < 1.29 is 4.42 Å². The minimum atomic E-state index is 0.914. The Hall–Kier alpha value is -5.66. The van der Waals surface area contributed by atoms with E-state index < -0.39 is 0 Å². The lowest BCUT2D eigenvalue weighted by molar-refractivity contribution is 0.673. The maximum atomic E-state index is 6.51. The van der Waals surface area contributed by atoms with Crippen LogP contribution >= 0.6 is 0 Å². The quantitative estimate of drug-likeness (QED) is 0.191. The molecule has 0 fully saturated rings. The summed E-state index contributed by atoms with van der Waals surface area (Å²) in [6.45, 7) is 4.00. The Balaban J connectivity index is 0.00000147. The molecule has 1 nitrogen and oxygen atoms in total. The van der Waals surface area contributed by atoms with Crippen LogP contribution in [-0.4, -0.2) is 0 Å². The van der Waals surface area contributed by atoms with E-state index in [0.29, 0.717) is 0 Å². The normalized spacial score (nSPS) is 11.3. The molecule has 0 amide bonds. The van der Waals surface area contributed by atoms with Crippen molar-refractivity contribution in [3.05, 3.63) is 158 Å². The molecule has 0 saturated carbocycles. The lowest BCUT2D eigenvalue weighted by Gasteiger charge is -2.18. The van der Waals surface area contributed by atoms with Gasteiger partial charge in [-0.05, 0) is 84.6 Å². The zero-order valence-corrected chi connectivity index (χ0v) is 25.4. The van der Waals surface area contributed by atoms with Crippen molar-refractivity contribution in [1.29, 1.82) is 0 Å². The van der Waals surface area contributed by atoms with Gasteiger partial charge in [-0.3, -0.25) is 0 Å². The fraction of sp³-hybridized carbons (Fsp3) is 0.0455. The second kappa shape index (κ2) is 11.1. The summed E-state index contributed by atoms with van der Waals surface area (Å²) in [5, 5.41) is 9.71. The molecule has 0 aliphatic heterocycles. The lowest BCUT2D eigenvalue weighted by Crippen LogP contribution is -1.91. The van der Waals surface area contributed by atoms with Gasteiger partial charge in [0.15, 0.2) is 0 Å². The first-order valence-electron chi connectivity index (χ1n) is 15.8. The number of hydrogen-bond acceptors (Lipinski definition) is 1. The van der Waals surface area contributed by atoms with Gasteiger partial charge in [0.1, 0.15) is 11.2 Å². The molecule has 1 aromatic heterocycles. The second-order valence-corrected chi connectivity index (χ2v) is 11.3. The Morgan fingerprint density at radius 2 is 0.844 bits per heavy atom. The highest BCUT2D eigenvalue weighted by Gasteiger charge is 2.17. The molecule has 45 heavy (non-hydrogen) atoms. The molecular weight excluding hydrogens is 544 g/mol. The van der Waals surface area contributed by atoms with Crippen LogP contribution in [0.2, 0.25) is 0 Å². The van der Waals surface area contributed by atoms with Crippen molar-refractivity contribution in [1.82, 2.24) is 0 Å². The van der Waals surface area contributed by atoms with E-state index in [9.17, 15) is 0 Å². The molecule has 0 atom stereocenters. The van der Waals surface area contributed by atoms with Crippen molar-refractivity contribution in [3.8, 4) is 33.4 Å². The molecule has 9 aromatic rings. The zero-order chi connectivity index (χ0) is 30.3. The minimum Gasteiger partial charge on any atom is -0.455 e. The zero-order valence-electron chi connectivity index (χ0n) is 25.4. The van der Waals surface area contributed by atoms with Crippen LogP contribution < -0.4 is 0 Å². The molecule has 0 unspecified atom stereocenters. The van der Waals surface area contributed by atoms with Crippen molar-refractivity contribution in [2.24, 2.45) is 0 Å². The van der Waals surface area contributed by atoms with Crippen LogP contribution in [0.25, 0.3) is 87.6 Å². The summed E-state index contributed by atoms with van der Waals surface area (Å²) < 4.78 is 6.51. The number of fused-ring (bicyclic) bond motifs is 7. The highest BCUT2D eigenvalue weighted by molar-refractivity contribution is 6.21. The highest BCUT2D eigenvalue weighted by Crippen LogP contribution is 2.44. The molecule has 0 radical (unpaired) electrons. The van der Waals surface area contributed by atoms with E-state index in [0.717, 1.165) is 32.9 Å². The summed E-state index contributed by atoms with van der Waals surface area (Å²) in [6, 6.07) is 56.8. The molecule has 214 valence electrons. The fourth-order valence-electron chi connectivity index (χ4n) is 6.89. The molecule has 8 aromatic carbocycles. The average Bonchev–Trinajstić information content (AvgIpc) is 3.50. The smallest absolute Gasteiger partial charge is 0.143 e. The first kappa shape index (κ1) is 26.9. The van der Waals surface area contributed by atoms with Gasteiger partial charge in [-0.25, -0.2) is 0 Å². The maximum absolute atomic E-state index is 6.51. The number of furan rings is 1. The largest absolute Gasteiger partial charge is 0.455 e. The van der Waals surface area contributed by atoms with E-state index in [-0.39, 0.29) is 0 Å². The average molecular weight is 577 g/mol. The molecule has 1 heteroatoms. The van der Waals surface area contributed by atoms with Crippen LogP contribution in [0.5, 0.6) is 0 Å². The van der Waals surface area contributed by atoms with E-state index in [1.54, 1.807) is 0 Å². The van der Waals surface area contributed by atoms with Crippen LogP contribution in [0.1, 0.15) is 13.8 Å². The Morgan fingerprint density at radius 3 is 1.53 bits per heavy atom. The van der Waals surface area contributed by atoms with E-state index in [2.05, 4.69) is 158 Å². The van der Waals surface area contributed by atoms with Gasteiger partial charge < -0.3 is 4.42 Å². The van der Waals surface area contributed by atoms with E-state index >= 15 is 0 Å². The first-order chi connectivity index (χ1) is 22.3. The summed E-state index contributed by atoms with van der Waals surface area (Å²) in [7, 11) is 0. The predicted octanol–water partition coefficient (Wildman–Crippen LogP) is 13.1. The summed E-state index contributed by atoms with van der Waals surface area (Å²) >= 11 is 0. The molecule has 0 aliphatic rings. The highest BCUT2D eigenvalue weighted by atomic mass is 16.3. The van der Waals surface area contributed by atoms with Gasteiger partial charge in [0, 0.05) is 16.2 Å². The second-order valence-electron chi connectivity index (χ2n) is 11.3. The monoisotopic (exact) mass is 576 g/mol. The molecule has 0 spiro atoms. The van der Waals surface area contributed by atoms with Gasteiger partial charge in [-0.15, -0.1) is 0 Å². The fourth-order valence-corrected chi connectivity index (χ4v) is 6.89. The lowest BCUT2D eigenvalue weighted by atomic mass is 9.85.